The van der Waals surface area contributed by atoms with E-state index in [1.165, 1.54) is 11.3 Å². The molecule has 4 rings (SSSR count). The minimum atomic E-state index is -1.11. The molecular weight excluding hydrogens is 418 g/mol. The fraction of sp³-hybridized carbons (Fsp3) is 0.476. The first-order valence-electron chi connectivity index (χ1n) is 10.1. The molecule has 7 nitrogen and oxygen atoms in total. The van der Waals surface area contributed by atoms with Gasteiger partial charge >= 0.3 is 0 Å². The fourth-order valence-corrected chi connectivity index (χ4v) is 5.43. The number of aromatic nitrogens is 3. The van der Waals surface area contributed by atoms with Crippen molar-refractivity contribution in [2.75, 3.05) is 13.2 Å². The second-order valence-electron chi connectivity index (χ2n) is 9.10. The maximum absolute atomic E-state index is 12.7. The fourth-order valence-electron chi connectivity index (χ4n) is 3.62. The zero-order valence-electron chi connectivity index (χ0n) is 17.8. The number of carbonyl (C=O) groups excluding carboxylic acids is 1. The smallest absolute Gasteiger partial charge is 0.266 e. The van der Waals surface area contributed by atoms with Gasteiger partial charge in [0.1, 0.15) is 11.4 Å². The number of carbonyl (C=O) groups is 1. The Hall–Kier alpha value is -2.07. The highest BCUT2D eigenvalue weighted by Crippen LogP contribution is 2.38. The Kier molecular flexibility index (Phi) is 5.56. The highest BCUT2D eigenvalue weighted by Gasteiger charge is 2.35. The highest BCUT2D eigenvalue weighted by atomic mass is 32.1. The van der Waals surface area contributed by atoms with Crippen LogP contribution < -0.4 is 5.56 Å². The summed E-state index contributed by atoms with van der Waals surface area (Å²) in [7, 11) is -1.11. The highest BCUT2D eigenvalue weighted by molar-refractivity contribution is 7.22. The number of pyridine rings is 1. The summed E-state index contributed by atoms with van der Waals surface area (Å²) in [6, 6.07) is 3.15. The largest absolute Gasteiger partial charge is 0.361 e. The molecule has 0 bridgehead atoms. The van der Waals surface area contributed by atoms with Crippen molar-refractivity contribution in [3.63, 3.8) is 0 Å². The van der Waals surface area contributed by atoms with E-state index in [2.05, 4.69) is 29.7 Å². The van der Waals surface area contributed by atoms with Crippen molar-refractivity contribution in [1.82, 2.24) is 14.8 Å². The van der Waals surface area contributed by atoms with Crippen LogP contribution >= 0.6 is 11.3 Å². The molecule has 1 N–H and O–H groups in total. The molecule has 1 aliphatic heterocycles. The summed E-state index contributed by atoms with van der Waals surface area (Å²) in [6.45, 7) is 10.3. The van der Waals surface area contributed by atoms with Gasteiger partial charge in [0, 0.05) is 36.7 Å². The van der Waals surface area contributed by atoms with Crippen molar-refractivity contribution in [1.29, 1.82) is 0 Å². The van der Waals surface area contributed by atoms with Crippen molar-refractivity contribution in [2.24, 2.45) is 0 Å². The van der Waals surface area contributed by atoms with E-state index in [4.69, 9.17) is 9.47 Å². The molecule has 0 saturated carbocycles. The Morgan fingerprint density at radius 2 is 2.23 bits per heavy atom. The van der Waals surface area contributed by atoms with E-state index in [0.717, 1.165) is 40.3 Å². The molecule has 3 aromatic rings. The third kappa shape index (κ3) is 4.07. The molecule has 1 atom stereocenters. The Morgan fingerprint density at radius 1 is 1.43 bits per heavy atom. The van der Waals surface area contributed by atoms with Crippen LogP contribution in [0.5, 0.6) is 0 Å². The van der Waals surface area contributed by atoms with Crippen LogP contribution in [0.1, 0.15) is 18.2 Å². The van der Waals surface area contributed by atoms with E-state index in [9.17, 15) is 9.59 Å². The molecule has 0 amide bonds. The van der Waals surface area contributed by atoms with Gasteiger partial charge in [0.15, 0.2) is 11.9 Å². The first-order valence-corrected chi connectivity index (χ1v) is 14.6. The summed E-state index contributed by atoms with van der Waals surface area (Å²) in [5, 5.41) is 5.29. The van der Waals surface area contributed by atoms with Crippen molar-refractivity contribution >= 4 is 35.8 Å². The van der Waals surface area contributed by atoms with Gasteiger partial charge in [-0.25, -0.2) is 4.68 Å². The van der Waals surface area contributed by atoms with Crippen LogP contribution in [0, 0.1) is 0 Å². The number of aldehydes is 1. The number of H-pyrrole nitrogens is 1. The molecule has 3 aromatic heterocycles. The van der Waals surface area contributed by atoms with Gasteiger partial charge in [0.25, 0.3) is 5.56 Å². The summed E-state index contributed by atoms with van der Waals surface area (Å²) in [4.78, 5) is 28.2. The topological polar surface area (TPSA) is 86.2 Å². The van der Waals surface area contributed by atoms with Gasteiger partial charge in [-0.2, -0.15) is 5.10 Å². The molecule has 0 fully saturated rings. The molecule has 1 aliphatic rings. The lowest BCUT2D eigenvalue weighted by Crippen LogP contribution is -2.37. The number of nitrogens with one attached hydrogen (secondary N) is 1. The summed E-state index contributed by atoms with van der Waals surface area (Å²) >= 11 is 1.44. The Morgan fingerprint density at radius 3 is 2.97 bits per heavy atom. The molecule has 9 heteroatoms. The molecule has 0 radical (unpaired) electrons. The third-order valence-electron chi connectivity index (χ3n) is 5.42. The number of ether oxygens (including phenoxy) is 2. The molecule has 0 aliphatic carbocycles. The summed E-state index contributed by atoms with van der Waals surface area (Å²) in [6.07, 6.45) is 5.16. The lowest BCUT2D eigenvalue weighted by molar-refractivity contribution is -0.132. The SMILES string of the molecule is CC1(C=O)OCCc2c1[nH]c(=O)c1sc(-c3cnn(COCC[Si](C)(C)C)c3)cc21. The first kappa shape index (κ1) is 21.2. The molecule has 4 heterocycles. The minimum Gasteiger partial charge on any atom is -0.361 e. The van der Waals surface area contributed by atoms with Crippen molar-refractivity contribution in [3.8, 4) is 10.4 Å². The average molecular weight is 446 g/mol. The van der Waals surface area contributed by atoms with E-state index in [0.29, 0.717) is 30.2 Å². The summed E-state index contributed by atoms with van der Waals surface area (Å²) in [5.41, 5.74) is 1.19. The second-order valence-corrected chi connectivity index (χ2v) is 15.8. The number of hydrogen-bond acceptors (Lipinski definition) is 6. The van der Waals surface area contributed by atoms with Gasteiger partial charge in [0.2, 0.25) is 0 Å². The monoisotopic (exact) mass is 445 g/mol. The Balaban J connectivity index is 1.61. The van der Waals surface area contributed by atoms with Gasteiger partial charge in [-0.05, 0) is 31.0 Å². The molecule has 0 aromatic carbocycles. The van der Waals surface area contributed by atoms with E-state index in [-0.39, 0.29) is 5.56 Å². The van der Waals surface area contributed by atoms with Crippen molar-refractivity contribution < 1.29 is 14.3 Å². The predicted octanol–water partition coefficient (Wildman–Crippen LogP) is 3.75. The van der Waals surface area contributed by atoms with E-state index in [1.54, 1.807) is 17.8 Å². The van der Waals surface area contributed by atoms with Gasteiger partial charge < -0.3 is 14.5 Å². The maximum Gasteiger partial charge on any atom is 0.266 e. The first-order chi connectivity index (χ1) is 14.2. The average Bonchev–Trinajstić information content (AvgIpc) is 3.33. The van der Waals surface area contributed by atoms with Crippen LogP contribution in [-0.4, -0.2) is 42.3 Å². The standard InChI is InChI=1S/C21H27N3O4SSi/c1-21(12-25)19-15(5-6-28-21)16-9-17(29-18(16)20(26)23-19)14-10-22-24(11-14)13-27-7-8-30(2,3)4/h9-12H,5-8,13H2,1-4H3,(H,23,26). The molecule has 30 heavy (non-hydrogen) atoms. The lowest BCUT2D eigenvalue weighted by atomic mass is 9.92. The van der Waals surface area contributed by atoms with Gasteiger partial charge in [0.05, 0.1) is 18.5 Å². The molecule has 0 saturated heterocycles. The summed E-state index contributed by atoms with van der Waals surface area (Å²) < 4.78 is 13.9. The molecule has 1 unspecified atom stereocenters. The number of hydrogen-bond donors (Lipinski definition) is 1. The number of rotatable bonds is 7. The van der Waals surface area contributed by atoms with E-state index < -0.39 is 13.7 Å². The van der Waals surface area contributed by atoms with E-state index >= 15 is 0 Å². The maximum atomic E-state index is 12.7. The normalized spacial score (nSPS) is 19.2. The predicted molar refractivity (Wildman–Crippen MR) is 121 cm³/mol. The zero-order chi connectivity index (χ0) is 21.5. The Labute approximate surface area is 180 Å². The van der Waals surface area contributed by atoms with Crippen molar-refractivity contribution in [2.45, 2.75) is 51.4 Å². The quantitative estimate of drug-likeness (QED) is 0.340. The van der Waals surface area contributed by atoms with Crippen LogP contribution in [0.25, 0.3) is 20.5 Å². The number of fused-ring (bicyclic) bond motifs is 3. The van der Waals surface area contributed by atoms with Gasteiger partial charge in [-0.15, -0.1) is 11.3 Å². The van der Waals surface area contributed by atoms with Crippen LogP contribution in [-0.2, 0) is 33.0 Å². The molecular formula is C21H27N3O4SSi. The lowest BCUT2D eigenvalue weighted by Gasteiger charge is -2.31. The Bertz CT molecular complexity index is 1140. The molecule has 160 valence electrons. The van der Waals surface area contributed by atoms with Crippen LogP contribution in [0.15, 0.2) is 23.3 Å². The van der Waals surface area contributed by atoms with Crippen molar-refractivity contribution in [3.05, 3.63) is 40.1 Å². The third-order valence-corrected chi connectivity index (χ3v) is 8.30. The van der Waals surface area contributed by atoms with Gasteiger partial charge in [-0.3, -0.25) is 9.59 Å². The van der Waals surface area contributed by atoms with Crippen LogP contribution in [0.3, 0.4) is 0 Å². The number of nitrogens with zero attached hydrogens (tertiary/aromatic N) is 2. The minimum absolute atomic E-state index is 0.194. The zero-order valence-corrected chi connectivity index (χ0v) is 19.6. The molecule has 0 spiro atoms. The number of thiophene rings is 1. The number of aromatic amines is 1. The van der Waals surface area contributed by atoms with Crippen LogP contribution in [0.2, 0.25) is 25.7 Å². The second kappa shape index (κ2) is 7.88. The summed E-state index contributed by atoms with van der Waals surface area (Å²) in [5.74, 6) is 0. The van der Waals surface area contributed by atoms with E-state index in [1.807, 2.05) is 12.3 Å². The van der Waals surface area contributed by atoms with Crippen LogP contribution in [0.4, 0.5) is 0 Å². The van der Waals surface area contributed by atoms with Gasteiger partial charge in [-0.1, -0.05) is 19.6 Å².